The first-order chi connectivity index (χ1) is 7.97. The predicted octanol–water partition coefficient (Wildman–Crippen LogP) is 3.72. The second kappa shape index (κ2) is 5.71. The van der Waals surface area contributed by atoms with Gasteiger partial charge in [-0.05, 0) is 18.6 Å². The van der Waals surface area contributed by atoms with E-state index in [9.17, 15) is 9.90 Å². The molecule has 1 N–H and O–H groups in total. The van der Waals surface area contributed by atoms with E-state index in [1.54, 1.807) is 12.1 Å². The molecular formula is C12H14Cl2O3. The van der Waals surface area contributed by atoms with Gasteiger partial charge in [-0.1, -0.05) is 42.6 Å². The zero-order chi connectivity index (χ0) is 13.1. The monoisotopic (exact) mass is 276 g/mol. The summed E-state index contributed by atoms with van der Waals surface area (Å²) in [6.45, 7) is 1.89. The van der Waals surface area contributed by atoms with Gasteiger partial charge in [-0.25, -0.2) is 4.79 Å². The van der Waals surface area contributed by atoms with Crippen LogP contribution >= 0.6 is 23.2 Å². The van der Waals surface area contributed by atoms with Crippen molar-refractivity contribution in [3.8, 4) is 0 Å². The van der Waals surface area contributed by atoms with Crippen LogP contribution in [0.5, 0.6) is 0 Å². The van der Waals surface area contributed by atoms with Crippen LogP contribution in [0.25, 0.3) is 0 Å². The predicted molar refractivity (Wildman–Crippen MR) is 67.7 cm³/mol. The molecule has 1 unspecified atom stereocenters. The smallest absolute Gasteiger partial charge is 0.340 e. The molecule has 94 valence electrons. The number of aliphatic carboxylic acids is 1. The van der Waals surface area contributed by atoms with E-state index in [0.717, 1.165) is 0 Å². The minimum Gasteiger partial charge on any atom is -0.479 e. The van der Waals surface area contributed by atoms with Gasteiger partial charge in [0.1, 0.15) is 0 Å². The third kappa shape index (κ3) is 2.73. The summed E-state index contributed by atoms with van der Waals surface area (Å²) in [6.07, 6.45) is 1.01. The molecular weight excluding hydrogens is 263 g/mol. The summed E-state index contributed by atoms with van der Waals surface area (Å²) < 4.78 is 5.22. The van der Waals surface area contributed by atoms with Gasteiger partial charge in [0, 0.05) is 22.7 Å². The molecule has 1 rings (SSSR count). The first-order valence-corrected chi connectivity index (χ1v) is 5.97. The molecule has 0 spiro atoms. The summed E-state index contributed by atoms with van der Waals surface area (Å²) in [5, 5.41) is 10.2. The van der Waals surface area contributed by atoms with Crippen molar-refractivity contribution in [2.45, 2.75) is 25.4 Å². The summed E-state index contributed by atoms with van der Waals surface area (Å²) in [4.78, 5) is 11.5. The summed E-state index contributed by atoms with van der Waals surface area (Å²) >= 11 is 11.8. The highest BCUT2D eigenvalue weighted by molar-refractivity contribution is 6.35. The van der Waals surface area contributed by atoms with Gasteiger partial charge in [-0.15, -0.1) is 0 Å². The molecule has 0 aliphatic carbocycles. The minimum absolute atomic E-state index is 0.301. The Bertz CT molecular complexity index is 420. The fourth-order valence-corrected chi connectivity index (χ4v) is 2.39. The zero-order valence-electron chi connectivity index (χ0n) is 9.67. The van der Waals surface area contributed by atoms with Crippen molar-refractivity contribution in [2.24, 2.45) is 0 Å². The largest absolute Gasteiger partial charge is 0.479 e. The van der Waals surface area contributed by atoms with E-state index in [2.05, 4.69) is 0 Å². The minimum atomic E-state index is -1.41. The topological polar surface area (TPSA) is 46.5 Å². The summed E-state index contributed by atoms with van der Waals surface area (Å²) in [5.74, 6) is -1.05. The SMILES string of the molecule is CCCC(OC)(C(=O)O)c1ccc(Cl)cc1Cl. The normalized spacial score (nSPS) is 14.4. The molecule has 17 heavy (non-hydrogen) atoms. The van der Waals surface area contributed by atoms with Crippen LogP contribution in [0.4, 0.5) is 0 Å². The number of benzene rings is 1. The van der Waals surface area contributed by atoms with Crippen LogP contribution in [-0.2, 0) is 15.1 Å². The molecule has 0 amide bonds. The van der Waals surface area contributed by atoms with Gasteiger partial charge in [0.15, 0.2) is 5.60 Å². The number of ether oxygens (including phenoxy) is 1. The maximum Gasteiger partial charge on any atom is 0.340 e. The van der Waals surface area contributed by atoms with E-state index in [1.807, 2.05) is 6.92 Å². The second-order valence-electron chi connectivity index (χ2n) is 3.71. The van der Waals surface area contributed by atoms with Crippen molar-refractivity contribution >= 4 is 29.2 Å². The quantitative estimate of drug-likeness (QED) is 0.892. The van der Waals surface area contributed by atoms with Crippen molar-refractivity contribution in [3.05, 3.63) is 33.8 Å². The molecule has 3 nitrogen and oxygen atoms in total. The van der Waals surface area contributed by atoms with Gasteiger partial charge < -0.3 is 9.84 Å². The van der Waals surface area contributed by atoms with Crippen LogP contribution in [0.3, 0.4) is 0 Å². The zero-order valence-corrected chi connectivity index (χ0v) is 11.2. The van der Waals surface area contributed by atoms with E-state index >= 15 is 0 Å². The van der Waals surface area contributed by atoms with E-state index in [4.69, 9.17) is 27.9 Å². The Balaban J connectivity index is 3.35. The van der Waals surface area contributed by atoms with Crippen molar-refractivity contribution in [3.63, 3.8) is 0 Å². The van der Waals surface area contributed by atoms with E-state index in [-0.39, 0.29) is 0 Å². The molecule has 5 heteroatoms. The van der Waals surface area contributed by atoms with Crippen molar-refractivity contribution in [1.29, 1.82) is 0 Å². The van der Waals surface area contributed by atoms with Crippen LogP contribution in [0.2, 0.25) is 10.0 Å². The Morgan fingerprint density at radius 2 is 2.12 bits per heavy atom. The molecule has 0 saturated carbocycles. The maximum atomic E-state index is 11.5. The maximum absolute atomic E-state index is 11.5. The van der Waals surface area contributed by atoms with Crippen molar-refractivity contribution < 1.29 is 14.6 Å². The third-order valence-corrected chi connectivity index (χ3v) is 3.21. The van der Waals surface area contributed by atoms with Gasteiger partial charge in [0.25, 0.3) is 0 Å². The van der Waals surface area contributed by atoms with Gasteiger partial charge in [-0.3, -0.25) is 0 Å². The van der Waals surface area contributed by atoms with Gasteiger partial charge in [-0.2, -0.15) is 0 Å². The average Bonchev–Trinajstić information content (AvgIpc) is 2.26. The van der Waals surface area contributed by atoms with Crippen LogP contribution in [0.15, 0.2) is 18.2 Å². The molecule has 0 aliphatic heterocycles. The standard InChI is InChI=1S/C12H14Cl2O3/c1-3-6-12(17-2,11(15)16)9-5-4-8(13)7-10(9)14/h4-5,7H,3,6H2,1-2H3,(H,15,16). The van der Waals surface area contributed by atoms with Crippen LogP contribution in [-0.4, -0.2) is 18.2 Å². The molecule has 0 saturated heterocycles. The number of halogens is 2. The van der Waals surface area contributed by atoms with Crippen LogP contribution in [0, 0.1) is 0 Å². The second-order valence-corrected chi connectivity index (χ2v) is 4.55. The Morgan fingerprint density at radius 3 is 2.53 bits per heavy atom. The number of methoxy groups -OCH3 is 1. The van der Waals surface area contributed by atoms with Gasteiger partial charge >= 0.3 is 5.97 Å². The van der Waals surface area contributed by atoms with E-state index in [0.29, 0.717) is 28.5 Å². The number of carboxylic acids is 1. The highest BCUT2D eigenvalue weighted by atomic mass is 35.5. The first kappa shape index (κ1) is 14.3. The van der Waals surface area contributed by atoms with E-state index in [1.165, 1.54) is 13.2 Å². The lowest BCUT2D eigenvalue weighted by Gasteiger charge is -2.29. The Hall–Kier alpha value is -0.770. The molecule has 0 fully saturated rings. The lowest BCUT2D eigenvalue weighted by atomic mass is 9.89. The Labute approximate surface area is 110 Å². The Morgan fingerprint density at radius 1 is 1.47 bits per heavy atom. The summed E-state index contributed by atoms with van der Waals surface area (Å²) in [7, 11) is 1.37. The lowest BCUT2D eigenvalue weighted by molar-refractivity contribution is -0.164. The number of rotatable bonds is 5. The number of carbonyl (C=O) groups is 1. The van der Waals surface area contributed by atoms with Crippen molar-refractivity contribution in [2.75, 3.05) is 7.11 Å². The van der Waals surface area contributed by atoms with Crippen LogP contribution in [0.1, 0.15) is 25.3 Å². The average molecular weight is 277 g/mol. The Kier molecular flexibility index (Phi) is 4.80. The number of hydrogen-bond acceptors (Lipinski definition) is 2. The van der Waals surface area contributed by atoms with Crippen molar-refractivity contribution in [1.82, 2.24) is 0 Å². The molecule has 0 radical (unpaired) electrons. The summed E-state index contributed by atoms with van der Waals surface area (Å²) in [6, 6.07) is 4.72. The van der Waals surface area contributed by atoms with E-state index < -0.39 is 11.6 Å². The highest BCUT2D eigenvalue weighted by Crippen LogP contribution is 2.36. The lowest BCUT2D eigenvalue weighted by Crippen LogP contribution is -2.38. The molecule has 0 bridgehead atoms. The number of carboxylic acid groups (broad SMARTS) is 1. The molecule has 1 aromatic carbocycles. The number of hydrogen-bond donors (Lipinski definition) is 1. The molecule has 1 atom stereocenters. The fraction of sp³-hybridized carbons (Fsp3) is 0.417. The van der Waals surface area contributed by atoms with Gasteiger partial charge in [0.05, 0.1) is 0 Å². The summed E-state index contributed by atoms with van der Waals surface area (Å²) in [5.41, 5.74) is -0.975. The first-order valence-electron chi connectivity index (χ1n) is 5.22. The molecule has 1 aromatic rings. The molecule has 0 heterocycles. The fourth-order valence-electron chi connectivity index (χ4n) is 1.83. The van der Waals surface area contributed by atoms with Gasteiger partial charge in [0.2, 0.25) is 0 Å². The van der Waals surface area contributed by atoms with Crippen LogP contribution < -0.4 is 0 Å². The molecule has 0 aliphatic rings. The third-order valence-electron chi connectivity index (χ3n) is 2.66. The highest BCUT2D eigenvalue weighted by Gasteiger charge is 2.41. The molecule has 0 aromatic heterocycles.